The quantitative estimate of drug-likeness (QED) is 0.921. The molecule has 1 N–H and O–H groups in total. The molecule has 4 rings (SSSR count). The summed E-state index contributed by atoms with van der Waals surface area (Å²) in [6.45, 7) is 0. The van der Waals surface area contributed by atoms with Crippen molar-refractivity contribution in [3.05, 3.63) is 35.2 Å². The number of hydrogen-bond donors (Lipinski definition) is 1. The number of hydrogen-bond acceptors (Lipinski definition) is 4. The van der Waals surface area contributed by atoms with Gasteiger partial charge in [-0.3, -0.25) is 0 Å². The van der Waals surface area contributed by atoms with E-state index >= 15 is 0 Å². The van der Waals surface area contributed by atoms with E-state index in [1.165, 1.54) is 25.7 Å². The first-order valence-electron chi connectivity index (χ1n) is 7.61. The molecule has 2 bridgehead atoms. The van der Waals surface area contributed by atoms with Crippen molar-refractivity contribution in [2.24, 2.45) is 5.92 Å². The van der Waals surface area contributed by atoms with E-state index in [4.69, 9.17) is 16.1 Å². The molecule has 2 fully saturated rings. The average Bonchev–Trinajstić information content (AvgIpc) is 3.06. The molecule has 1 aromatic heterocycles. The molecule has 0 saturated carbocycles. The highest BCUT2D eigenvalue weighted by Gasteiger charge is 2.34. The van der Waals surface area contributed by atoms with Gasteiger partial charge in [-0.1, -0.05) is 28.9 Å². The van der Waals surface area contributed by atoms with Crippen molar-refractivity contribution in [2.45, 2.75) is 44.2 Å². The second kappa shape index (κ2) is 6.57. The summed E-state index contributed by atoms with van der Waals surface area (Å²) in [4.78, 5) is 4.53. The third-order valence-corrected chi connectivity index (χ3v) is 4.82. The molecule has 2 aliphatic rings. The van der Waals surface area contributed by atoms with Crippen LogP contribution in [-0.2, 0) is 6.42 Å². The Hall–Kier alpha value is -1.10. The average molecular weight is 340 g/mol. The van der Waals surface area contributed by atoms with Gasteiger partial charge < -0.3 is 9.84 Å². The Morgan fingerprint density at radius 1 is 1.23 bits per heavy atom. The van der Waals surface area contributed by atoms with Gasteiger partial charge in [0.15, 0.2) is 0 Å². The molecule has 0 amide bonds. The number of aromatic nitrogens is 2. The van der Waals surface area contributed by atoms with Crippen LogP contribution in [0.2, 0.25) is 5.02 Å². The first-order chi connectivity index (χ1) is 10.3. The van der Waals surface area contributed by atoms with Gasteiger partial charge in [-0.05, 0) is 43.7 Å². The molecule has 0 aliphatic carbocycles. The maximum Gasteiger partial charge on any atom is 0.227 e. The Balaban J connectivity index is 0.00000144. The maximum absolute atomic E-state index is 6.00. The summed E-state index contributed by atoms with van der Waals surface area (Å²) in [7, 11) is 0. The minimum Gasteiger partial charge on any atom is -0.339 e. The predicted molar refractivity (Wildman–Crippen MR) is 88.4 cm³/mol. The molecule has 22 heavy (non-hydrogen) atoms. The van der Waals surface area contributed by atoms with Gasteiger partial charge in [0.05, 0.1) is 0 Å². The summed E-state index contributed by atoms with van der Waals surface area (Å²) >= 11 is 6.00. The standard InChI is InChI=1S/C16H18ClN3O.ClH/c17-12-3-1-2-11(9-12)16-19-15(21-20-16)8-10-6-13-4-5-14(7-10)18-13;/h1-3,9-10,13-14,18H,4-8H2;1H. The molecular weight excluding hydrogens is 321 g/mol. The Morgan fingerprint density at radius 3 is 2.73 bits per heavy atom. The molecule has 2 atom stereocenters. The van der Waals surface area contributed by atoms with E-state index in [-0.39, 0.29) is 12.4 Å². The van der Waals surface area contributed by atoms with Gasteiger partial charge in [-0.2, -0.15) is 4.98 Å². The summed E-state index contributed by atoms with van der Waals surface area (Å²) < 4.78 is 5.43. The van der Waals surface area contributed by atoms with Crippen molar-refractivity contribution in [1.82, 2.24) is 15.5 Å². The molecule has 0 radical (unpaired) electrons. The first kappa shape index (κ1) is 15.8. The van der Waals surface area contributed by atoms with Gasteiger partial charge in [0.2, 0.25) is 11.7 Å². The Morgan fingerprint density at radius 2 is 2.00 bits per heavy atom. The highest BCUT2D eigenvalue weighted by Crippen LogP contribution is 2.32. The van der Waals surface area contributed by atoms with Crippen LogP contribution < -0.4 is 5.32 Å². The van der Waals surface area contributed by atoms with Crippen LogP contribution in [0.4, 0.5) is 0 Å². The molecular formula is C16H19Cl2N3O. The van der Waals surface area contributed by atoms with Gasteiger partial charge >= 0.3 is 0 Å². The number of fused-ring (bicyclic) bond motifs is 2. The second-order valence-electron chi connectivity index (χ2n) is 6.20. The van der Waals surface area contributed by atoms with Crippen LogP contribution in [0.25, 0.3) is 11.4 Å². The predicted octanol–water partition coefficient (Wildman–Crippen LogP) is 3.88. The van der Waals surface area contributed by atoms with Crippen LogP contribution in [0.5, 0.6) is 0 Å². The zero-order valence-corrected chi connectivity index (χ0v) is 13.7. The lowest BCUT2D eigenvalue weighted by molar-refractivity contribution is 0.270. The Labute approximate surface area is 141 Å². The summed E-state index contributed by atoms with van der Waals surface area (Å²) in [5.74, 6) is 2.04. The number of halogens is 2. The van der Waals surface area contributed by atoms with Gasteiger partial charge in [0, 0.05) is 29.1 Å². The fourth-order valence-electron chi connectivity index (χ4n) is 3.67. The van der Waals surface area contributed by atoms with E-state index in [0.29, 0.717) is 28.8 Å². The van der Waals surface area contributed by atoms with Crippen LogP contribution in [0.1, 0.15) is 31.6 Å². The topological polar surface area (TPSA) is 51.0 Å². The molecule has 2 saturated heterocycles. The number of piperidine rings is 1. The molecule has 2 unspecified atom stereocenters. The van der Waals surface area contributed by atoms with Crippen molar-refractivity contribution in [1.29, 1.82) is 0 Å². The van der Waals surface area contributed by atoms with E-state index in [0.717, 1.165) is 17.9 Å². The number of benzene rings is 1. The van der Waals surface area contributed by atoms with Crippen LogP contribution >= 0.6 is 24.0 Å². The molecule has 2 aliphatic heterocycles. The number of nitrogens with zero attached hydrogens (tertiary/aromatic N) is 2. The lowest BCUT2D eigenvalue weighted by atomic mass is 9.90. The zero-order chi connectivity index (χ0) is 14.2. The summed E-state index contributed by atoms with van der Waals surface area (Å²) in [5, 5.41) is 8.44. The summed E-state index contributed by atoms with van der Waals surface area (Å²) in [5.41, 5.74) is 0.905. The van der Waals surface area contributed by atoms with Gasteiger partial charge in [-0.15, -0.1) is 12.4 Å². The van der Waals surface area contributed by atoms with E-state index < -0.39 is 0 Å². The number of rotatable bonds is 3. The Bertz CT molecular complexity index is 634. The SMILES string of the molecule is Cl.Clc1cccc(-c2noc(CC3CC4CCC(C3)N4)n2)c1. The molecule has 0 spiro atoms. The summed E-state index contributed by atoms with van der Waals surface area (Å²) in [6.07, 6.45) is 5.98. The fraction of sp³-hybridized carbons (Fsp3) is 0.500. The largest absolute Gasteiger partial charge is 0.339 e. The van der Waals surface area contributed by atoms with Crippen molar-refractivity contribution in [3.8, 4) is 11.4 Å². The third-order valence-electron chi connectivity index (χ3n) is 4.58. The van der Waals surface area contributed by atoms with E-state index in [9.17, 15) is 0 Å². The normalized spacial score (nSPS) is 26.7. The van der Waals surface area contributed by atoms with Gasteiger partial charge in [-0.25, -0.2) is 0 Å². The van der Waals surface area contributed by atoms with Gasteiger partial charge in [0.25, 0.3) is 0 Å². The fourth-order valence-corrected chi connectivity index (χ4v) is 3.86. The Kier molecular flexibility index (Phi) is 4.71. The van der Waals surface area contributed by atoms with E-state index in [2.05, 4.69) is 15.5 Å². The monoisotopic (exact) mass is 339 g/mol. The van der Waals surface area contributed by atoms with E-state index in [1.807, 2.05) is 24.3 Å². The highest BCUT2D eigenvalue weighted by molar-refractivity contribution is 6.30. The van der Waals surface area contributed by atoms with Crippen molar-refractivity contribution in [2.75, 3.05) is 0 Å². The van der Waals surface area contributed by atoms with Crippen molar-refractivity contribution in [3.63, 3.8) is 0 Å². The first-order valence-corrected chi connectivity index (χ1v) is 7.98. The lowest BCUT2D eigenvalue weighted by Gasteiger charge is -2.27. The van der Waals surface area contributed by atoms with Gasteiger partial charge in [0.1, 0.15) is 0 Å². The molecule has 1 aromatic carbocycles. The number of nitrogens with one attached hydrogen (secondary N) is 1. The highest BCUT2D eigenvalue weighted by atomic mass is 35.5. The van der Waals surface area contributed by atoms with Crippen LogP contribution in [0.15, 0.2) is 28.8 Å². The molecule has 2 aromatic rings. The van der Waals surface area contributed by atoms with Crippen LogP contribution in [0, 0.1) is 5.92 Å². The smallest absolute Gasteiger partial charge is 0.227 e. The van der Waals surface area contributed by atoms with Crippen molar-refractivity contribution >= 4 is 24.0 Å². The second-order valence-corrected chi connectivity index (χ2v) is 6.64. The minimum atomic E-state index is 0. The molecule has 4 nitrogen and oxygen atoms in total. The molecule has 118 valence electrons. The molecule has 3 heterocycles. The summed E-state index contributed by atoms with van der Waals surface area (Å²) in [6, 6.07) is 8.95. The third kappa shape index (κ3) is 3.29. The lowest BCUT2D eigenvalue weighted by Crippen LogP contribution is -2.38. The van der Waals surface area contributed by atoms with Crippen LogP contribution in [-0.4, -0.2) is 22.2 Å². The van der Waals surface area contributed by atoms with Crippen LogP contribution in [0.3, 0.4) is 0 Å². The maximum atomic E-state index is 6.00. The molecule has 6 heteroatoms. The minimum absolute atomic E-state index is 0. The van der Waals surface area contributed by atoms with E-state index in [1.54, 1.807) is 0 Å². The van der Waals surface area contributed by atoms with Crippen molar-refractivity contribution < 1.29 is 4.52 Å². The zero-order valence-electron chi connectivity index (χ0n) is 12.2.